The second-order valence-corrected chi connectivity index (χ2v) is 5.30. The first-order chi connectivity index (χ1) is 11.5. The quantitative estimate of drug-likeness (QED) is 0.699. The molecule has 0 saturated heterocycles. The van der Waals surface area contributed by atoms with Crippen LogP contribution in [0.4, 0.5) is 0 Å². The maximum Gasteiger partial charge on any atom is 0.205 e. The van der Waals surface area contributed by atoms with Crippen LogP contribution in [0, 0.1) is 42.4 Å². The van der Waals surface area contributed by atoms with E-state index >= 15 is 0 Å². The monoisotopic (exact) mass is 313 g/mol. The lowest BCUT2D eigenvalue weighted by atomic mass is 9.99. The normalized spacial score (nSPS) is 9.29. The zero-order valence-corrected chi connectivity index (χ0v) is 13.3. The van der Waals surface area contributed by atoms with Crippen molar-refractivity contribution in [1.29, 1.82) is 5.26 Å². The molecule has 3 heteroatoms. The number of terminal acetylenes is 1. The third kappa shape index (κ3) is 4.26. The number of phenols is 1. The molecular weight excluding hydrogens is 298 g/mol. The molecule has 24 heavy (non-hydrogen) atoms. The van der Waals surface area contributed by atoms with E-state index in [-0.39, 0.29) is 18.0 Å². The van der Waals surface area contributed by atoms with Crippen LogP contribution in [-0.2, 0) is 11.2 Å². The van der Waals surface area contributed by atoms with Crippen LogP contribution >= 0.6 is 0 Å². The van der Waals surface area contributed by atoms with Gasteiger partial charge < -0.3 is 5.11 Å². The molecule has 0 aliphatic carbocycles. The molecule has 0 spiro atoms. The lowest BCUT2D eigenvalue weighted by molar-refractivity contribution is -0.113. The summed E-state index contributed by atoms with van der Waals surface area (Å²) in [6.45, 7) is 1.87. The van der Waals surface area contributed by atoms with Crippen LogP contribution < -0.4 is 0 Å². The first-order valence-corrected chi connectivity index (χ1v) is 7.37. The van der Waals surface area contributed by atoms with Crippen LogP contribution in [0.1, 0.15) is 34.2 Å². The van der Waals surface area contributed by atoms with Gasteiger partial charge in [0.25, 0.3) is 0 Å². The molecule has 1 N–H and O–H groups in total. The van der Waals surface area contributed by atoms with Gasteiger partial charge in [-0.2, -0.15) is 5.26 Å². The highest BCUT2D eigenvalue weighted by Crippen LogP contribution is 2.16. The molecule has 3 nitrogen and oxygen atoms in total. The largest absolute Gasteiger partial charge is 0.508 e. The Balaban J connectivity index is 2.36. The molecular formula is C21H15NO2. The molecule has 2 rings (SSSR count). The fourth-order valence-corrected chi connectivity index (χ4v) is 2.24. The van der Waals surface area contributed by atoms with Crippen LogP contribution in [0.3, 0.4) is 0 Å². The van der Waals surface area contributed by atoms with Crippen molar-refractivity contribution in [3.63, 3.8) is 0 Å². The van der Waals surface area contributed by atoms with Crippen molar-refractivity contribution in [2.45, 2.75) is 19.8 Å². The van der Waals surface area contributed by atoms with Crippen LogP contribution in [0.25, 0.3) is 0 Å². The minimum absolute atomic E-state index is 0.199. The molecule has 0 bridgehead atoms. The molecule has 0 fully saturated rings. The Hall–Kier alpha value is -3.48. The number of nitriles is 1. The van der Waals surface area contributed by atoms with Gasteiger partial charge in [0.15, 0.2) is 0 Å². The van der Waals surface area contributed by atoms with Gasteiger partial charge in [-0.3, -0.25) is 4.79 Å². The number of carbonyl (C=O) groups excluding carboxylic acids is 1. The molecule has 2 aromatic rings. The molecule has 0 aromatic heterocycles. The fraction of sp³-hybridized carbons (Fsp3) is 0.143. The predicted molar refractivity (Wildman–Crippen MR) is 92.1 cm³/mol. The molecule has 0 saturated carbocycles. The second kappa shape index (κ2) is 7.68. The van der Waals surface area contributed by atoms with Crippen LogP contribution in [-0.4, -0.2) is 10.9 Å². The molecule has 0 radical (unpaired) electrons. The average Bonchev–Trinajstić information content (AvgIpc) is 2.59. The summed E-state index contributed by atoms with van der Waals surface area (Å²) in [5, 5.41) is 18.5. The van der Waals surface area contributed by atoms with E-state index in [1.54, 1.807) is 36.4 Å². The minimum Gasteiger partial charge on any atom is -0.508 e. The third-order valence-electron chi connectivity index (χ3n) is 3.56. The lowest BCUT2D eigenvalue weighted by Gasteiger charge is -2.04. The first kappa shape index (κ1) is 16.9. The van der Waals surface area contributed by atoms with Gasteiger partial charge in [-0.15, -0.1) is 6.42 Å². The van der Waals surface area contributed by atoms with Gasteiger partial charge in [0.1, 0.15) is 5.75 Å². The molecule has 0 amide bonds. The van der Waals surface area contributed by atoms with E-state index in [0.29, 0.717) is 12.0 Å². The van der Waals surface area contributed by atoms with E-state index in [9.17, 15) is 9.90 Å². The zero-order chi connectivity index (χ0) is 17.5. The number of aromatic hydroxyl groups is 1. The number of Topliss-reactive ketones (excluding diaryl/α,β-unsaturated/α-hetero) is 1. The van der Waals surface area contributed by atoms with E-state index in [0.717, 1.165) is 22.3 Å². The highest BCUT2D eigenvalue weighted by Gasteiger charge is 2.05. The van der Waals surface area contributed by atoms with Crippen molar-refractivity contribution < 1.29 is 9.90 Å². The van der Waals surface area contributed by atoms with E-state index in [1.807, 2.05) is 6.92 Å². The summed E-state index contributed by atoms with van der Waals surface area (Å²) in [6, 6.07) is 12.3. The van der Waals surface area contributed by atoms with Crippen molar-refractivity contribution in [3.8, 4) is 36.0 Å². The third-order valence-corrected chi connectivity index (χ3v) is 3.56. The Morgan fingerprint density at radius 1 is 1.17 bits per heavy atom. The van der Waals surface area contributed by atoms with Crippen molar-refractivity contribution in [3.05, 3.63) is 64.2 Å². The summed E-state index contributed by atoms with van der Waals surface area (Å²) in [5.74, 6) is 8.16. The fourth-order valence-electron chi connectivity index (χ4n) is 2.24. The number of rotatable bonds is 3. The topological polar surface area (TPSA) is 61.1 Å². The van der Waals surface area contributed by atoms with Crippen molar-refractivity contribution in [2.24, 2.45) is 0 Å². The van der Waals surface area contributed by atoms with Crippen LogP contribution in [0.15, 0.2) is 36.4 Å². The zero-order valence-electron chi connectivity index (χ0n) is 13.3. The number of benzene rings is 2. The lowest BCUT2D eigenvalue weighted by Crippen LogP contribution is -1.99. The molecule has 0 aliphatic rings. The molecule has 0 heterocycles. The Kier molecular flexibility index (Phi) is 5.40. The number of hydrogen-bond donors (Lipinski definition) is 1. The van der Waals surface area contributed by atoms with Crippen molar-refractivity contribution in [1.82, 2.24) is 0 Å². The van der Waals surface area contributed by atoms with Gasteiger partial charge in [0, 0.05) is 17.5 Å². The SMILES string of the molecule is C#CC(=O)CCc1cc(C#N)ccc1C#Cc1ccc(O)cc1C. The number of ketones is 1. The summed E-state index contributed by atoms with van der Waals surface area (Å²) in [5.41, 5.74) is 3.78. The summed E-state index contributed by atoms with van der Waals surface area (Å²) < 4.78 is 0. The van der Waals surface area contributed by atoms with E-state index in [2.05, 4.69) is 23.8 Å². The Bertz CT molecular complexity index is 931. The van der Waals surface area contributed by atoms with Gasteiger partial charge in [-0.05, 0) is 66.8 Å². The number of aryl methyl sites for hydroxylation is 2. The van der Waals surface area contributed by atoms with Crippen molar-refractivity contribution in [2.75, 3.05) is 0 Å². The van der Waals surface area contributed by atoms with Gasteiger partial charge in [0.2, 0.25) is 5.78 Å². The average molecular weight is 313 g/mol. The predicted octanol–water partition coefficient (Wildman–Crippen LogP) is 3.11. The van der Waals surface area contributed by atoms with E-state index < -0.39 is 0 Å². The van der Waals surface area contributed by atoms with E-state index in [1.165, 1.54) is 0 Å². The Morgan fingerprint density at radius 3 is 2.54 bits per heavy atom. The number of phenolic OH excluding ortho intramolecular Hbond substituents is 1. The van der Waals surface area contributed by atoms with Gasteiger partial charge in [0.05, 0.1) is 11.6 Å². The smallest absolute Gasteiger partial charge is 0.205 e. The van der Waals surface area contributed by atoms with Crippen LogP contribution in [0.5, 0.6) is 5.75 Å². The van der Waals surface area contributed by atoms with Gasteiger partial charge in [-0.1, -0.05) is 11.8 Å². The summed E-state index contributed by atoms with van der Waals surface area (Å²) in [4.78, 5) is 11.3. The maximum absolute atomic E-state index is 11.3. The highest BCUT2D eigenvalue weighted by atomic mass is 16.3. The summed E-state index contributed by atoms with van der Waals surface area (Å²) in [7, 11) is 0. The number of nitrogens with zero attached hydrogens (tertiary/aromatic N) is 1. The first-order valence-electron chi connectivity index (χ1n) is 7.37. The Labute approximate surface area is 141 Å². The van der Waals surface area contributed by atoms with Gasteiger partial charge in [-0.25, -0.2) is 0 Å². The Morgan fingerprint density at radius 2 is 1.88 bits per heavy atom. The second-order valence-electron chi connectivity index (χ2n) is 5.30. The van der Waals surface area contributed by atoms with Crippen LogP contribution in [0.2, 0.25) is 0 Å². The summed E-state index contributed by atoms with van der Waals surface area (Å²) >= 11 is 0. The van der Waals surface area contributed by atoms with E-state index in [4.69, 9.17) is 11.7 Å². The molecule has 0 aliphatic heterocycles. The molecule has 2 aromatic carbocycles. The minimum atomic E-state index is -0.273. The maximum atomic E-state index is 11.3. The standard InChI is InChI=1S/C21H15NO2/c1-3-20(23)10-9-19-13-16(14-22)4-5-18(19)7-6-17-8-11-21(24)12-15(17)2/h1,4-5,8,11-13,24H,9-10H2,2H3. The van der Waals surface area contributed by atoms with Gasteiger partial charge >= 0.3 is 0 Å². The molecule has 0 unspecified atom stereocenters. The number of carbonyl (C=O) groups is 1. The molecule has 0 atom stereocenters. The highest BCUT2D eigenvalue weighted by molar-refractivity contribution is 5.94. The summed E-state index contributed by atoms with van der Waals surface area (Å²) in [6.07, 6.45) is 5.76. The molecule has 116 valence electrons. The number of hydrogen-bond acceptors (Lipinski definition) is 3. The van der Waals surface area contributed by atoms with Crippen molar-refractivity contribution >= 4 is 5.78 Å².